The molecule has 0 fully saturated rings. The molecule has 0 N–H and O–H groups in total. The summed E-state index contributed by atoms with van der Waals surface area (Å²) in [4.78, 5) is 0. The molecule has 0 radical (unpaired) electrons. The minimum atomic E-state index is -0.937. The van der Waals surface area contributed by atoms with E-state index >= 15 is 0 Å². The molecule has 2 unspecified atom stereocenters. The third kappa shape index (κ3) is 5.95. The van der Waals surface area contributed by atoms with Crippen LogP contribution >= 0.6 is 0 Å². The van der Waals surface area contributed by atoms with E-state index in [2.05, 4.69) is 125 Å². The van der Waals surface area contributed by atoms with E-state index in [1.54, 1.807) is 22.3 Å². The summed E-state index contributed by atoms with van der Waals surface area (Å²) in [5.41, 5.74) is 17.7. The zero-order valence-corrected chi connectivity index (χ0v) is 29.3. The molecule has 0 aliphatic heterocycles. The van der Waals surface area contributed by atoms with Gasteiger partial charge in [-0.25, -0.2) is 0 Å². The summed E-state index contributed by atoms with van der Waals surface area (Å²) in [7, 11) is 0. The van der Waals surface area contributed by atoms with Crippen molar-refractivity contribution in [2.24, 2.45) is 0 Å². The Hall–Kier alpha value is -2.54. The first-order chi connectivity index (χ1) is 20.5. The molecule has 0 spiro atoms. The summed E-state index contributed by atoms with van der Waals surface area (Å²) >= 11 is 1.82. The second kappa shape index (κ2) is 13.0. The number of benzene rings is 4. The van der Waals surface area contributed by atoms with Gasteiger partial charge in [0, 0.05) is 0 Å². The first-order valence-corrected chi connectivity index (χ1v) is 22.5. The summed E-state index contributed by atoms with van der Waals surface area (Å²) in [6, 6.07) is 35.2. The second-order valence-corrected chi connectivity index (χ2v) is 20.9. The van der Waals surface area contributed by atoms with Crippen molar-refractivity contribution in [2.45, 2.75) is 77.3 Å². The van der Waals surface area contributed by atoms with Gasteiger partial charge in [-0.05, 0) is 0 Å². The van der Waals surface area contributed by atoms with Crippen LogP contribution in [0, 0.1) is 13.8 Å². The molecule has 0 saturated heterocycles. The molecule has 2 aliphatic rings. The zero-order valence-electron chi connectivity index (χ0n) is 25.7. The fourth-order valence-electron chi connectivity index (χ4n) is 7.33. The molecule has 2 atom stereocenters. The van der Waals surface area contributed by atoms with Crippen LogP contribution in [0.5, 0.6) is 0 Å². The van der Waals surface area contributed by atoms with E-state index in [9.17, 15) is 0 Å². The summed E-state index contributed by atoms with van der Waals surface area (Å²) < 4.78 is 0. The van der Waals surface area contributed by atoms with Crippen molar-refractivity contribution in [2.75, 3.05) is 0 Å². The molecule has 0 saturated carbocycles. The van der Waals surface area contributed by atoms with Crippen molar-refractivity contribution < 1.29 is 23.9 Å². The van der Waals surface area contributed by atoms with Gasteiger partial charge < -0.3 is 0 Å². The summed E-state index contributed by atoms with van der Waals surface area (Å²) in [5.74, 6) is 0.284. The number of hydrogen-bond acceptors (Lipinski definition) is 0. The van der Waals surface area contributed by atoms with Gasteiger partial charge >= 0.3 is 271 Å². The Morgan fingerprint density at radius 1 is 0.571 bits per heavy atom. The molecule has 0 amide bonds. The predicted octanol–water partition coefficient (Wildman–Crippen LogP) is 11.2. The molecule has 2 heteroatoms. The van der Waals surface area contributed by atoms with Crippen LogP contribution in [-0.4, -0.2) is 5.92 Å². The van der Waals surface area contributed by atoms with Gasteiger partial charge in [-0.15, -0.1) is 0 Å². The predicted molar refractivity (Wildman–Crippen MR) is 181 cm³/mol. The molecule has 0 heterocycles. The van der Waals surface area contributed by atoms with Crippen LogP contribution in [0.15, 0.2) is 96.1 Å². The monoisotopic (exact) mass is 641 g/mol. The number of rotatable bonds is 10. The second-order valence-electron chi connectivity index (χ2n) is 12.6. The first kappa shape index (κ1) is 29.5. The Bertz CT molecular complexity index is 1500. The zero-order chi connectivity index (χ0) is 29.2. The molecular formula is C40H43SiZr. The maximum absolute atomic E-state index is 2.58. The van der Waals surface area contributed by atoms with Gasteiger partial charge in [0.05, 0.1) is 0 Å². The first-order valence-electron chi connectivity index (χ1n) is 16.0. The third-order valence-corrected chi connectivity index (χ3v) is 15.0. The van der Waals surface area contributed by atoms with Gasteiger partial charge in [-0.3, -0.25) is 0 Å². The summed E-state index contributed by atoms with van der Waals surface area (Å²) in [6.45, 7) is 9.04. The molecular weight excluding hydrogens is 600 g/mol. The van der Waals surface area contributed by atoms with Crippen LogP contribution in [0.25, 0.3) is 34.4 Å². The molecule has 0 nitrogen and oxygen atoms in total. The number of fused-ring (bicyclic) bond motifs is 2. The van der Waals surface area contributed by atoms with Crippen molar-refractivity contribution in [3.8, 4) is 22.3 Å². The third-order valence-electron chi connectivity index (χ3n) is 9.43. The molecule has 0 aromatic heterocycles. The Kier molecular flexibility index (Phi) is 9.13. The van der Waals surface area contributed by atoms with E-state index in [1.807, 2.05) is 23.9 Å². The van der Waals surface area contributed by atoms with Gasteiger partial charge in [-0.1, -0.05) is 0 Å². The Morgan fingerprint density at radius 3 is 1.36 bits per heavy atom. The normalized spacial score (nSPS) is 17.9. The molecule has 6 rings (SSSR count). The maximum atomic E-state index is 2.58. The Labute approximate surface area is 269 Å². The van der Waals surface area contributed by atoms with Crippen molar-refractivity contribution in [3.05, 3.63) is 129 Å². The summed E-state index contributed by atoms with van der Waals surface area (Å²) in [5, 5.41) is 0. The fraction of sp³-hybridized carbons (Fsp3) is 0.300. The van der Waals surface area contributed by atoms with Gasteiger partial charge in [0.15, 0.2) is 0 Å². The van der Waals surface area contributed by atoms with Gasteiger partial charge in [-0.2, -0.15) is 0 Å². The van der Waals surface area contributed by atoms with Gasteiger partial charge in [0.2, 0.25) is 0 Å². The molecule has 0 bridgehead atoms. The molecule has 4 aromatic carbocycles. The SMILES string of the molecule is CCCC1=Cc2c(-c3ccc(C)cc3)cccc2C1C[SiH]([Zr])CC1C(CCC)=Cc2c(-c3ccc(C)cc3)cccc21. The van der Waals surface area contributed by atoms with Crippen LogP contribution in [0.2, 0.25) is 12.1 Å². The van der Waals surface area contributed by atoms with Gasteiger partial charge in [0.1, 0.15) is 0 Å². The Balaban J connectivity index is 1.28. The topological polar surface area (TPSA) is 0 Å². The van der Waals surface area contributed by atoms with Crippen molar-refractivity contribution in [1.82, 2.24) is 0 Å². The standard InChI is InChI=1S/C40H43Si.Zr/c1-5-9-31-23-37-33(29-19-15-27(3)16-20-29)11-7-13-35(37)39(31)25-41-26-40-32(10-6-2)24-38-34(12-8-14-36(38)40)30-21-17-28(4)18-22-30;/h7-8,11-24,39-41H,5-6,9-10,25-26H2,1-4H3;. The fourth-order valence-corrected chi connectivity index (χ4v) is 13.2. The quantitative estimate of drug-likeness (QED) is 0.151. The van der Waals surface area contributed by atoms with E-state index in [0.717, 1.165) is 0 Å². The molecule has 2 aliphatic carbocycles. The summed E-state index contributed by atoms with van der Waals surface area (Å²) in [6.07, 6.45) is 10.0. The van der Waals surface area contributed by atoms with Crippen LogP contribution in [-0.2, 0) is 23.9 Å². The van der Waals surface area contributed by atoms with Crippen molar-refractivity contribution in [3.63, 3.8) is 0 Å². The number of aryl methyl sites for hydroxylation is 2. The average Bonchev–Trinajstić information content (AvgIpc) is 3.52. The van der Waals surface area contributed by atoms with Crippen LogP contribution in [0.1, 0.15) is 84.7 Å². The van der Waals surface area contributed by atoms with Gasteiger partial charge in [0.25, 0.3) is 0 Å². The molecule has 42 heavy (non-hydrogen) atoms. The van der Waals surface area contributed by atoms with E-state index in [1.165, 1.54) is 82.3 Å². The van der Waals surface area contributed by atoms with E-state index in [4.69, 9.17) is 0 Å². The van der Waals surface area contributed by atoms with Crippen molar-refractivity contribution in [1.29, 1.82) is 0 Å². The average molecular weight is 643 g/mol. The molecule has 4 aromatic rings. The van der Waals surface area contributed by atoms with E-state index in [-0.39, 0.29) is 0 Å². The van der Waals surface area contributed by atoms with E-state index < -0.39 is 5.92 Å². The minimum absolute atomic E-state index is 0.611. The molecule has 211 valence electrons. The number of allylic oxidation sites excluding steroid dienone is 2. The van der Waals surface area contributed by atoms with Crippen LogP contribution in [0.4, 0.5) is 0 Å². The number of hydrogen-bond donors (Lipinski definition) is 0. The van der Waals surface area contributed by atoms with Crippen LogP contribution < -0.4 is 0 Å². The van der Waals surface area contributed by atoms with Crippen LogP contribution in [0.3, 0.4) is 0 Å². The van der Waals surface area contributed by atoms with Crippen molar-refractivity contribution >= 4 is 18.1 Å². The van der Waals surface area contributed by atoms with E-state index in [0.29, 0.717) is 11.8 Å². The Morgan fingerprint density at radius 2 is 0.976 bits per heavy atom.